The van der Waals surface area contributed by atoms with Crippen molar-refractivity contribution in [3.8, 4) is 5.75 Å². The van der Waals surface area contributed by atoms with Crippen LogP contribution in [0.25, 0.3) is 0 Å². The van der Waals surface area contributed by atoms with Crippen molar-refractivity contribution in [1.29, 1.82) is 0 Å². The van der Waals surface area contributed by atoms with Crippen LogP contribution in [0.2, 0.25) is 0 Å². The first kappa shape index (κ1) is 21.8. The lowest BCUT2D eigenvalue weighted by Crippen LogP contribution is -2.38. The number of nitrogens with zero attached hydrogens (tertiary/aromatic N) is 1. The number of hydrogen-bond donors (Lipinski definition) is 1. The summed E-state index contributed by atoms with van der Waals surface area (Å²) in [5, 5.41) is 2.90. The molecule has 152 valence electrons. The van der Waals surface area contributed by atoms with Gasteiger partial charge >= 0.3 is 0 Å². The van der Waals surface area contributed by atoms with E-state index >= 15 is 0 Å². The maximum atomic E-state index is 12.8. The number of benzene rings is 2. The maximum absolute atomic E-state index is 12.8. The number of rotatable bonds is 7. The van der Waals surface area contributed by atoms with Crippen LogP contribution in [0.4, 0.5) is 11.4 Å². The summed E-state index contributed by atoms with van der Waals surface area (Å²) in [6.07, 6.45) is 1.08. The standard InChI is InChI=1S/C21H28N2O4S/c1-14(2)17-9-7-8-16(4)21(17)22-20(24)13-23(28(6,25)26)18-12-15(3)10-11-19(18)27-5/h7-12,14H,13H2,1-6H3,(H,22,24). The van der Waals surface area contributed by atoms with Gasteiger partial charge in [0.2, 0.25) is 15.9 Å². The zero-order valence-corrected chi connectivity index (χ0v) is 18.1. The van der Waals surface area contributed by atoms with Crippen molar-refractivity contribution in [2.75, 3.05) is 29.5 Å². The Kier molecular flexibility index (Phi) is 6.72. The van der Waals surface area contributed by atoms with Crippen LogP contribution in [0.5, 0.6) is 5.75 Å². The number of para-hydroxylation sites is 1. The number of anilines is 2. The number of amides is 1. The molecule has 0 aliphatic heterocycles. The summed E-state index contributed by atoms with van der Waals surface area (Å²) < 4.78 is 31.2. The lowest BCUT2D eigenvalue weighted by molar-refractivity contribution is -0.114. The Morgan fingerprint density at radius 3 is 2.43 bits per heavy atom. The number of aryl methyl sites for hydroxylation is 2. The highest BCUT2D eigenvalue weighted by molar-refractivity contribution is 7.92. The van der Waals surface area contributed by atoms with Gasteiger partial charge in [-0.05, 0) is 48.6 Å². The van der Waals surface area contributed by atoms with Crippen molar-refractivity contribution in [2.45, 2.75) is 33.6 Å². The third-order valence-corrected chi connectivity index (χ3v) is 5.61. The molecular formula is C21H28N2O4S. The second kappa shape index (κ2) is 8.65. The van der Waals surface area contributed by atoms with Gasteiger partial charge in [0.05, 0.1) is 19.1 Å². The summed E-state index contributed by atoms with van der Waals surface area (Å²) in [5.41, 5.74) is 3.87. The van der Waals surface area contributed by atoms with E-state index in [0.717, 1.165) is 32.9 Å². The van der Waals surface area contributed by atoms with Gasteiger partial charge in [-0.3, -0.25) is 9.10 Å². The van der Waals surface area contributed by atoms with Gasteiger partial charge in [-0.2, -0.15) is 0 Å². The molecule has 0 saturated carbocycles. The summed E-state index contributed by atoms with van der Waals surface area (Å²) in [5.74, 6) is 0.200. The quantitative estimate of drug-likeness (QED) is 0.761. The van der Waals surface area contributed by atoms with Crippen molar-refractivity contribution < 1.29 is 17.9 Å². The predicted molar refractivity (Wildman–Crippen MR) is 114 cm³/mol. The normalized spacial score (nSPS) is 11.4. The molecule has 0 aliphatic rings. The minimum absolute atomic E-state index is 0.220. The van der Waals surface area contributed by atoms with E-state index < -0.39 is 15.9 Å². The van der Waals surface area contributed by atoms with E-state index in [9.17, 15) is 13.2 Å². The van der Waals surface area contributed by atoms with Crippen molar-refractivity contribution in [1.82, 2.24) is 0 Å². The fourth-order valence-corrected chi connectivity index (χ4v) is 3.88. The van der Waals surface area contributed by atoms with Gasteiger partial charge in [-0.1, -0.05) is 38.1 Å². The summed E-state index contributed by atoms with van der Waals surface area (Å²) in [4.78, 5) is 12.8. The highest BCUT2D eigenvalue weighted by Crippen LogP contribution is 2.31. The molecule has 0 saturated heterocycles. The fraction of sp³-hybridized carbons (Fsp3) is 0.381. The van der Waals surface area contributed by atoms with Crippen molar-refractivity contribution in [2.24, 2.45) is 0 Å². The third-order valence-electron chi connectivity index (χ3n) is 4.48. The van der Waals surface area contributed by atoms with Crippen LogP contribution < -0.4 is 14.4 Å². The summed E-state index contributed by atoms with van der Waals surface area (Å²) in [7, 11) is -2.23. The Bertz CT molecular complexity index is 968. The molecule has 1 N–H and O–H groups in total. The Hall–Kier alpha value is -2.54. The highest BCUT2D eigenvalue weighted by atomic mass is 32.2. The van der Waals surface area contributed by atoms with E-state index in [1.165, 1.54) is 7.11 Å². The van der Waals surface area contributed by atoms with Gasteiger partial charge in [0.25, 0.3) is 0 Å². The molecule has 0 aliphatic carbocycles. The number of nitrogens with one attached hydrogen (secondary N) is 1. The van der Waals surface area contributed by atoms with Gasteiger partial charge in [0.1, 0.15) is 12.3 Å². The van der Waals surface area contributed by atoms with E-state index in [1.54, 1.807) is 12.1 Å². The highest BCUT2D eigenvalue weighted by Gasteiger charge is 2.25. The molecule has 6 nitrogen and oxygen atoms in total. The molecule has 0 radical (unpaired) electrons. The molecule has 0 atom stereocenters. The largest absolute Gasteiger partial charge is 0.495 e. The molecule has 0 heterocycles. The zero-order chi connectivity index (χ0) is 21.1. The first-order chi connectivity index (χ1) is 13.0. The minimum Gasteiger partial charge on any atom is -0.495 e. The van der Waals surface area contributed by atoms with Crippen LogP contribution >= 0.6 is 0 Å². The maximum Gasteiger partial charge on any atom is 0.245 e. The topological polar surface area (TPSA) is 75.7 Å². The van der Waals surface area contributed by atoms with Crippen LogP contribution in [-0.4, -0.2) is 34.2 Å². The molecule has 0 spiro atoms. The van der Waals surface area contributed by atoms with Gasteiger partial charge < -0.3 is 10.1 Å². The number of ether oxygens (including phenoxy) is 1. The third kappa shape index (κ3) is 5.04. The molecule has 0 fully saturated rings. The van der Waals surface area contributed by atoms with Crippen LogP contribution in [-0.2, 0) is 14.8 Å². The molecule has 2 aromatic carbocycles. The van der Waals surface area contributed by atoms with E-state index in [-0.39, 0.29) is 12.5 Å². The summed E-state index contributed by atoms with van der Waals surface area (Å²) in [6.45, 7) is 7.52. The Morgan fingerprint density at radius 2 is 1.86 bits per heavy atom. The molecule has 2 rings (SSSR count). The minimum atomic E-state index is -3.70. The molecule has 0 unspecified atom stereocenters. The second-order valence-electron chi connectivity index (χ2n) is 7.19. The van der Waals surface area contributed by atoms with Crippen LogP contribution in [0.15, 0.2) is 36.4 Å². The lowest BCUT2D eigenvalue weighted by Gasteiger charge is -2.25. The number of carbonyl (C=O) groups excluding carboxylic acids is 1. The molecule has 0 aromatic heterocycles. The number of methoxy groups -OCH3 is 1. The molecule has 2 aromatic rings. The van der Waals surface area contributed by atoms with Gasteiger partial charge in [-0.25, -0.2) is 8.42 Å². The SMILES string of the molecule is COc1ccc(C)cc1N(CC(=O)Nc1c(C)cccc1C(C)C)S(C)(=O)=O. The van der Waals surface area contributed by atoms with Crippen LogP contribution in [0, 0.1) is 13.8 Å². The Balaban J connectivity index is 2.38. The number of sulfonamides is 1. The van der Waals surface area contributed by atoms with E-state index in [1.807, 2.05) is 52.0 Å². The Morgan fingerprint density at radius 1 is 1.18 bits per heavy atom. The molecule has 0 bridgehead atoms. The predicted octanol–water partition coefficient (Wildman–Crippen LogP) is 3.84. The molecular weight excluding hydrogens is 376 g/mol. The van der Waals surface area contributed by atoms with Gasteiger partial charge in [0.15, 0.2) is 0 Å². The first-order valence-electron chi connectivity index (χ1n) is 9.06. The van der Waals surface area contributed by atoms with E-state index in [0.29, 0.717) is 11.4 Å². The molecule has 1 amide bonds. The van der Waals surface area contributed by atoms with Crippen molar-refractivity contribution in [3.63, 3.8) is 0 Å². The first-order valence-corrected chi connectivity index (χ1v) is 10.9. The zero-order valence-electron chi connectivity index (χ0n) is 17.2. The van der Waals surface area contributed by atoms with E-state index in [4.69, 9.17) is 4.74 Å². The van der Waals surface area contributed by atoms with Gasteiger partial charge in [0, 0.05) is 5.69 Å². The van der Waals surface area contributed by atoms with Crippen molar-refractivity contribution >= 4 is 27.3 Å². The fourth-order valence-electron chi connectivity index (χ4n) is 3.03. The molecule has 7 heteroatoms. The summed E-state index contributed by atoms with van der Waals surface area (Å²) >= 11 is 0. The second-order valence-corrected chi connectivity index (χ2v) is 9.09. The average molecular weight is 405 g/mol. The number of carbonyl (C=O) groups is 1. The summed E-state index contributed by atoms with van der Waals surface area (Å²) in [6, 6.07) is 11.0. The Labute approximate surface area is 167 Å². The van der Waals surface area contributed by atoms with Gasteiger partial charge in [-0.15, -0.1) is 0 Å². The monoisotopic (exact) mass is 404 g/mol. The van der Waals surface area contributed by atoms with Crippen LogP contribution in [0.3, 0.4) is 0 Å². The number of hydrogen-bond acceptors (Lipinski definition) is 4. The van der Waals surface area contributed by atoms with Crippen molar-refractivity contribution in [3.05, 3.63) is 53.1 Å². The molecule has 28 heavy (non-hydrogen) atoms. The smallest absolute Gasteiger partial charge is 0.245 e. The van der Waals surface area contributed by atoms with Crippen LogP contribution in [0.1, 0.15) is 36.5 Å². The van der Waals surface area contributed by atoms with E-state index in [2.05, 4.69) is 5.32 Å². The average Bonchev–Trinajstić information content (AvgIpc) is 2.60. The lowest BCUT2D eigenvalue weighted by atomic mass is 9.98.